The molecule has 0 aromatic carbocycles. The summed E-state index contributed by atoms with van der Waals surface area (Å²) in [6.07, 6.45) is 12.0. The van der Waals surface area contributed by atoms with Gasteiger partial charge >= 0.3 is 6.03 Å². The minimum atomic E-state index is -2.53. The van der Waals surface area contributed by atoms with Gasteiger partial charge in [-0.3, -0.25) is 0 Å². The summed E-state index contributed by atoms with van der Waals surface area (Å²) >= 11 is 0. The number of alkyl halides is 2. The summed E-state index contributed by atoms with van der Waals surface area (Å²) in [5.41, 5.74) is -0.731. The molecule has 0 radical (unpaired) electrons. The quantitative estimate of drug-likeness (QED) is 0.307. The number of likely N-dealkylation sites (N-methyl/N-ethyl adjacent to an activating group) is 1. The van der Waals surface area contributed by atoms with E-state index in [9.17, 15) is 18.7 Å². The average Bonchev–Trinajstić information content (AvgIpc) is 2.88. The number of likely N-dealkylation sites (tertiary alicyclic amines) is 1. The fraction of sp³-hybridized carbons (Fsp3) is 0.964. The monoisotopic (exact) mass is 515 g/mol. The summed E-state index contributed by atoms with van der Waals surface area (Å²) < 4.78 is 32.4. The van der Waals surface area contributed by atoms with Crippen LogP contribution in [0, 0.1) is 17.8 Å². The van der Waals surface area contributed by atoms with Crippen molar-refractivity contribution in [1.29, 1.82) is 0 Å². The predicted octanol–water partition coefficient (Wildman–Crippen LogP) is 5.34. The van der Waals surface area contributed by atoms with Gasteiger partial charge in [-0.05, 0) is 83.1 Å². The molecule has 1 aliphatic heterocycles. The molecule has 1 saturated heterocycles. The second-order valence-electron chi connectivity index (χ2n) is 11.8. The highest BCUT2D eigenvalue weighted by Crippen LogP contribution is 2.43. The van der Waals surface area contributed by atoms with E-state index in [0.29, 0.717) is 45.0 Å². The molecular formula is C28H51F2N3O3. The van der Waals surface area contributed by atoms with E-state index in [1.807, 2.05) is 11.9 Å². The molecule has 0 spiro atoms. The van der Waals surface area contributed by atoms with Crippen LogP contribution in [0.5, 0.6) is 0 Å². The summed E-state index contributed by atoms with van der Waals surface area (Å²) in [7, 11) is 3.58. The topological polar surface area (TPSA) is 73.8 Å². The van der Waals surface area contributed by atoms with Crippen molar-refractivity contribution in [1.82, 2.24) is 15.5 Å². The zero-order valence-electron chi connectivity index (χ0n) is 22.7. The number of piperidine rings is 1. The second kappa shape index (κ2) is 14.2. The van der Waals surface area contributed by atoms with Crippen LogP contribution >= 0.6 is 0 Å². The van der Waals surface area contributed by atoms with Crippen molar-refractivity contribution in [3.05, 3.63) is 0 Å². The molecule has 2 aliphatic carbocycles. The van der Waals surface area contributed by atoms with Gasteiger partial charge in [0.25, 0.3) is 0 Å². The smallest absolute Gasteiger partial charge is 0.317 e. The van der Waals surface area contributed by atoms with E-state index in [1.165, 1.54) is 19.3 Å². The molecule has 3 rings (SSSR count). The maximum Gasteiger partial charge on any atom is 0.317 e. The molecule has 1 heterocycles. The number of aliphatic hydroxyl groups is 1. The first kappa shape index (κ1) is 29.6. The van der Waals surface area contributed by atoms with E-state index in [0.717, 1.165) is 51.4 Å². The summed E-state index contributed by atoms with van der Waals surface area (Å²) in [6.45, 7) is 2.63. The number of methoxy groups -OCH3 is 1. The summed E-state index contributed by atoms with van der Waals surface area (Å²) in [5.74, 6) is -1.91. The molecule has 8 heteroatoms. The zero-order chi connectivity index (χ0) is 26.0. The van der Waals surface area contributed by atoms with Crippen LogP contribution in [0.2, 0.25) is 0 Å². The Kier molecular flexibility index (Phi) is 11.7. The molecule has 0 aromatic heterocycles. The van der Waals surface area contributed by atoms with Crippen LogP contribution in [0.3, 0.4) is 0 Å². The van der Waals surface area contributed by atoms with Crippen LogP contribution in [0.15, 0.2) is 0 Å². The molecule has 3 aliphatic rings. The fourth-order valence-corrected chi connectivity index (χ4v) is 7.01. The van der Waals surface area contributed by atoms with Crippen molar-refractivity contribution in [3.63, 3.8) is 0 Å². The molecule has 36 heavy (non-hydrogen) atoms. The second-order valence-corrected chi connectivity index (χ2v) is 11.8. The number of ether oxygens (including phenoxy) is 1. The molecule has 210 valence electrons. The lowest BCUT2D eigenvalue weighted by Gasteiger charge is -2.48. The average molecular weight is 516 g/mol. The van der Waals surface area contributed by atoms with Crippen LogP contribution in [0.25, 0.3) is 0 Å². The van der Waals surface area contributed by atoms with Crippen molar-refractivity contribution in [2.24, 2.45) is 17.8 Å². The first-order valence-electron chi connectivity index (χ1n) is 14.6. The van der Waals surface area contributed by atoms with Crippen LogP contribution in [-0.4, -0.2) is 74.0 Å². The highest BCUT2D eigenvalue weighted by molar-refractivity contribution is 5.74. The van der Waals surface area contributed by atoms with Crippen molar-refractivity contribution in [3.8, 4) is 0 Å². The molecular weight excluding hydrogens is 464 g/mol. The number of hydrogen-bond acceptors (Lipinski definition) is 4. The Balaban J connectivity index is 1.60. The van der Waals surface area contributed by atoms with Gasteiger partial charge in [-0.25, -0.2) is 13.6 Å². The van der Waals surface area contributed by atoms with Gasteiger partial charge in [-0.15, -0.1) is 0 Å². The van der Waals surface area contributed by atoms with Gasteiger partial charge < -0.3 is 25.4 Å². The Morgan fingerprint density at radius 3 is 2.44 bits per heavy atom. The molecule has 3 N–H and O–H groups in total. The first-order valence-corrected chi connectivity index (χ1v) is 14.6. The number of amides is 2. The number of hydrogen-bond donors (Lipinski definition) is 3. The van der Waals surface area contributed by atoms with Gasteiger partial charge in [0.2, 0.25) is 5.92 Å². The standard InChI is InChI=1S/C28H51F2N3O3/c1-31-20-25(19-22-12-15-27(29,30)16-13-22)32-26(34)33-17-8-11-24(21-33)28(35,14-6-7-18-36-2)23-9-4-3-5-10-23/h22-25,31,35H,3-21H2,1-2H3,(H,32,34)/t24?,25?,28-/m1/s1. The number of nitrogens with zero attached hydrogens (tertiary/aromatic N) is 1. The molecule has 3 fully saturated rings. The third kappa shape index (κ3) is 8.52. The predicted molar refractivity (Wildman–Crippen MR) is 139 cm³/mol. The Hall–Kier alpha value is -0.990. The van der Waals surface area contributed by atoms with E-state index in [2.05, 4.69) is 10.6 Å². The highest BCUT2D eigenvalue weighted by atomic mass is 19.3. The molecule has 2 saturated carbocycles. The summed E-state index contributed by atoms with van der Waals surface area (Å²) in [4.78, 5) is 15.2. The van der Waals surface area contributed by atoms with E-state index < -0.39 is 11.5 Å². The minimum absolute atomic E-state index is 0.0458. The lowest BCUT2D eigenvalue weighted by molar-refractivity contribution is -0.104. The summed E-state index contributed by atoms with van der Waals surface area (Å²) in [5, 5.41) is 18.5. The van der Waals surface area contributed by atoms with Crippen molar-refractivity contribution < 1.29 is 23.4 Å². The number of carbonyl (C=O) groups excluding carboxylic acids is 1. The van der Waals surface area contributed by atoms with Gasteiger partial charge in [0.05, 0.1) is 5.60 Å². The Morgan fingerprint density at radius 1 is 1.08 bits per heavy atom. The number of unbranched alkanes of at least 4 members (excludes halogenated alkanes) is 1. The zero-order valence-corrected chi connectivity index (χ0v) is 22.7. The summed E-state index contributed by atoms with van der Waals surface area (Å²) in [6, 6.07) is -0.155. The third-order valence-electron chi connectivity index (χ3n) is 9.14. The van der Waals surface area contributed by atoms with Gasteiger partial charge in [0.15, 0.2) is 0 Å². The molecule has 6 nitrogen and oxygen atoms in total. The maximum atomic E-state index is 13.6. The van der Waals surface area contributed by atoms with Crippen LogP contribution < -0.4 is 10.6 Å². The molecule has 2 unspecified atom stereocenters. The van der Waals surface area contributed by atoms with Crippen LogP contribution in [0.1, 0.15) is 96.3 Å². The largest absolute Gasteiger partial charge is 0.389 e. The third-order valence-corrected chi connectivity index (χ3v) is 9.14. The number of carbonyl (C=O) groups is 1. The van der Waals surface area contributed by atoms with Gasteiger partial charge in [0, 0.05) is 58.2 Å². The Morgan fingerprint density at radius 2 is 1.78 bits per heavy atom. The van der Waals surface area contributed by atoms with Crippen LogP contribution in [0.4, 0.5) is 13.6 Å². The normalized spacial score (nSPS) is 26.4. The van der Waals surface area contributed by atoms with Crippen molar-refractivity contribution in [2.75, 3.05) is 40.4 Å². The fourth-order valence-electron chi connectivity index (χ4n) is 7.01. The number of urea groups is 1. The Bertz CT molecular complexity index is 652. The van der Waals surface area contributed by atoms with Crippen LogP contribution in [-0.2, 0) is 4.74 Å². The van der Waals surface area contributed by atoms with E-state index in [1.54, 1.807) is 7.11 Å². The molecule has 3 atom stereocenters. The lowest BCUT2D eigenvalue weighted by Crippen LogP contribution is -2.56. The van der Waals surface area contributed by atoms with Crippen molar-refractivity contribution >= 4 is 6.03 Å². The van der Waals surface area contributed by atoms with Gasteiger partial charge in [-0.1, -0.05) is 19.3 Å². The van der Waals surface area contributed by atoms with E-state index in [4.69, 9.17) is 4.74 Å². The van der Waals surface area contributed by atoms with Gasteiger partial charge in [0.1, 0.15) is 0 Å². The van der Waals surface area contributed by atoms with Crippen molar-refractivity contribution in [2.45, 2.75) is 114 Å². The number of nitrogens with one attached hydrogen (secondary N) is 2. The van der Waals surface area contributed by atoms with E-state index in [-0.39, 0.29) is 36.8 Å². The number of halogens is 2. The first-order chi connectivity index (χ1) is 17.3. The maximum absolute atomic E-state index is 13.6. The highest BCUT2D eigenvalue weighted by Gasteiger charge is 2.45. The molecule has 0 aromatic rings. The SMILES string of the molecule is CNCC(CC1CCC(F)(F)CC1)NC(=O)N1CCCC([C@@](O)(CCCCOC)C2CCCCC2)C1. The van der Waals surface area contributed by atoms with E-state index >= 15 is 0 Å². The number of rotatable bonds is 12. The lowest BCUT2D eigenvalue weighted by atomic mass is 9.66. The molecule has 2 amide bonds. The minimum Gasteiger partial charge on any atom is -0.389 e. The van der Waals surface area contributed by atoms with Gasteiger partial charge in [-0.2, -0.15) is 0 Å². The Labute approximate surface area is 217 Å². The molecule has 0 bridgehead atoms.